The van der Waals surface area contributed by atoms with Gasteiger partial charge in [-0.1, -0.05) is 30.8 Å². The van der Waals surface area contributed by atoms with Gasteiger partial charge < -0.3 is 9.47 Å². The van der Waals surface area contributed by atoms with E-state index in [1.165, 1.54) is 24.3 Å². The Kier molecular flexibility index (Phi) is 4.89. The van der Waals surface area contributed by atoms with Crippen LogP contribution in [0.2, 0.25) is 0 Å². The lowest BCUT2D eigenvalue weighted by atomic mass is 10.3. The molecule has 2 aromatic carbocycles. The van der Waals surface area contributed by atoms with Crippen LogP contribution in [0, 0.1) is 10.1 Å². The molecule has 2 rings (SSSR count). The van der Waals surface area contributed by atoms with E-state index < -0.39 is 10.2 Å². The first-order valence-corrected chi connectivity index (χ1v) is 6.93. The predicted molar refractivity (Wildman–Crippen MR) is 86.2 cm³/mol. The van der Waals surface area contributed by atoms with Crippen molar-refractivity contribution in [1.82, 2.24) is 4.90 Å². The minimum Gasteiger partial charge on any atom is -0.431 e. The van der Waals surface area contributed by atoms with Gasteiger partial charge in [-0.15, -0.1) is 0 Å². The smallest absolute Gasteiger partial charge is 0.366 e. The first-order valence-electron chi connectivity index (χ1n) is 6.48. The number of ether oxygens (including phenoxy) is 2. The second-order valence-electron chi connectivity index (χ2n) is 4.71. The van der Waals surface area contributed by atoms with E-state index in [0.717, 1.165) is 0 Å². The molecule has 0 saturated carbocycles. The minimum atomic E-state index is -1.35. The maximum absolute atomic E-state index is 10.7. The van der Waals surface area contributed by atoms with Gasteiger partial charge >= 0.3 is 5.24 Å². The van der Waals surface area contributed by atoms with Gasteiger partial charge in [0.05, 0.1) is 4.92 Å². The number of rotatable bonds is 6. The van der Waals surface area contributed by atoms with Gasteiger partial charge in [0.25, 0.3) is 5.69 Å². The van der Waals surface area contributed by atoms with Crippen LogP contribution in [-0.2, 0) is 0 Å². The average molecular weight is 320 g/mol. The van der Waals surface area contributed by atoms with Crippen LogP contribution in [0.1, 0.15) is 0 Å². The van der Waals surface area contributed by atoms with E-state index >= 15 is 0 Å². The van der Waals surface area contributed by atoms with Crippen LogP contribution in [0.4, 0.5) is 5.69 Å². The quantitative estimate of drug-likeness (QED) is 0.383. The Bertz CT molecular complexity index is 634. The number of nitrogens with zero attached hydrogens (tertiary/aromatic N) is 2. The van der Waals surface area contributed by atoms with Gasteiger partial charge in [0.15, 0.2) is 0 Å². The summed E-state index contributed by atoms with van der Waals surface area (Å²) in [7, 11) is 3.50. The van der Waals surface area contributed by atoms with E-state index in [-0.39, 0.29) is 5.69 Å². The molecule has 2 aromatic rings. The van der Waals surface area contributed by atoms with Gasteiger partial charge in [0.1, 0.15) is 11.5 Å². The molecule has 0 heterocycles. The minimum absolute atomic E-state index is 0.00838. The Hall–Kier alpha value is -2.25. The highest BCUT2D eigenvalue weighted by molar-refractivity contribution is 7.81. The number of para-hydroxylation sites is 1. The molecule has 0 aliphatic rings. The Morgan fingerprint density at radius 3 is 1.95 bits per heavy atom. The van der Waals surface area contributed by atoms with Gasteiger partial charge in [-0.2, -0.15) is 0 Å². The van der Waals surface area contributed by atoms with Gasteiger partial charge in [0, 0.05) is 12.1 Å². The number of benzene rings is 2. The number of hydrogen-bond acceptors (Lipinski definition) is 6. The molecule has 22 heavy (non-hydrogen) atoms. The fourth-order valence-electron chi connectivity index (χ4n) is 1.63. The number of non-ortho nitro benzene ring substituents is 1. The second-order valence-corrected chi connectivity index (χ2v) is 5.28. The monoisotopic (exact) mass is 320 g/mol. The number of nitro groups is 1. The van der Waals surface area contributed by atoms with E-state index in [1.807, 2.05) is 18.2 Å². The topological polar surface area (TPSA) is 64.8 Å². The summed E-state index contributed by atoms with van der Waals surface area (Å²) in [4.78, 5) is 11.8. The number of thiol groups is 1. The van der Waals surface area contributed by atoms with E-state index in [1.54, 1.807) is 31.1 Å². The normalized spacial score (nSPS) is 13.5. The second kappa shape index (κ2) is 6.67. The first-order chi connectivity index (χ1) is 10.4. The molecule has 0 aliphatic carbocycles. The fourth-order valence-corrected chi connectivity index (χ4v) is 1.85. The van der Waals surface area contributed by atoms with Crippen LogP contribution in [0.15, 0.2) is 54.6 Å². The highest BCUT2D eigenvalue weighted by Gasteiger charge is 2.34. The van der Waals surface area contributed by atoms with Crippen LogP contribution in [0.3, 0.4) is 0 Å². The lowest BCUT2D eigenvalue weighted by Gasteiger charge is -2.34. The summed E-state index contributed by atoms with van der Waals surface area (Å²) in [6.45, 7) is 0. The summed E-state index contributed by atoms with van der Waals surface area (Å²) in [5, 5.41) is 9.31. The van der Waals surface area contributed by atoms with Gasteiger partial charge in [-0.25, -0.2) is 4.90 Å². The van der Waals surface area contributed by atoms with Crippen molar-refractivity contribution in [1.29, 1.82) is 0 Å². The summed E-state index contributed by atoms with van der Waals surface area (Å²) in [5.74, 6) is 0.998. The van der Waals surface area contributed by atoms with Crippen LogP contribution < -0.4 is 9.47 Å². The Labute approximate surface area is 133 Å². The van der Waals surface area contributed by atoms with Crippen molar-refractivity contribution in [3.63, 3.8) is 0 Å². The molecule has 0 amide bonds. The predicted octanol–water partition coefficient (Wildman–Crippen LogP) is 3.16. The molecule has 0 fully saturated rings. The summed E-state index contributed by atoms with van der Waals surface area (Å²) >= 11 is 4.45. The molecule has 0 aromatic heterocycles. The zero-order valence-electron chi connectivity index (χ0n) is 12.2. The molecule has 1 atom stereocenters. The molecule has 0 N–H and O–H groups in total. The standard InChI is InChI=1S/C15H16N2O4S/c1-16(2)15(22,20-13-6-4-3-5-7-13)21-14-10-8-12(9-11-14)17(18)19/h3-11,22H,1-2H3. The maximum Gasteiger partial charge on any atom is 0.366 e. The summed E-state index contributed by atoms with van der Waals surface area (Å²) in [6, 6.07) is 14.8. The van der Waals surface area contributed by atoms with Crippen molar-refractivity contribution in [2.24, 2.45) is 0 Å². The fraction of sp³-hybridized carbons (Fsp3) is 0.200. The Balaban J connectivity index is 2.19. The van der Waals surface area contributed by atoms with Crippen molar-refractivity contribution in [3.8, 4) is 11.5 Å². The summed E-state index contributed by atoms with van der Waals surface area (Å²) in [6.07, 6.45) is 0. The van der Waals surface area contributed by atoms with Crippen LogP contribution in [0.25, 0.3) is 0 Å². The van der Waals surface area contributed by atoms with Crippen molar-refractivity contribution in [3.05, 3.63) is 64.7 Å². The lowest BCUT2D eigenvalue weighted by molar-refractivity contribution is -0.384. The SMILES string of the molecule is CN(C)C(S)(Oc1ccccc1)Oc1ccc([N+](=O)[O-])cc1. The van der Waals surface area contributed by atoms with Crippen molar-refractivity contribution >= 4 is 18.3 Å². The molecular weight excluding hydrogens is 304 g/mol. The summed E-state index contributed by atoms with van der Waals surface area (Å²) in [5.41, 5.74) is -0.00838. The molecule has 116 valence electrons. The van der Waals surface area contributed by atoms with E-state index in [2.05, 4.69) is 12.6 Å². The highest BCUT2D eigenvalue weighted by Crippen LogP contribution is 2.28. The van der Waals surface area contributed by atoms with Crippen molar-refractivity contribution < 1.29 is 14.4 Å². The largest absolute Gasteiger partial charge is 0.431 e. The first kappa shape index (κ1) is 16.1. The van der Waals surface area contributed by atoms with E-state index in [9.17, 15) is 10.1 Å². The zero-order valence-corrected chi connectivity index (χ0v) is 13.1. The average Bonchev–Trinajstić information content (AvgIpc) is 2.48. The molecule has 6 nitrogen and oxygen atoms in total. The van der Waals surface area contributed by atoms with Crippen LogP contribution in [-0.4, -0.2) is 29.2 Å². The van der Waals surface area contributed by atoms with Gasteiger partial charge in [-0.05, 0) is 38.4 Å². The highest BCUT2D eigenvalue weighted by atomic mass is 32.1. The van der Waals surface area contributed by atoms with Gasteiger partial charge in [-0.3, -0.25) is 10.1 Å². The van der Waals surface area contributed by atoms with Crippen molar-refractivity contribution in [2.45, 2.75) is 5.24 Å². The molecule has 0 aliphatic heterocycles. The third-order valence-electron chi connectivity index (χ3n) is 2.86. The zero-order chi connectivity index (χ0) is 16.2. The molecule has 0 radical (unpaired) electrons. The molecule has 0 saturated heterocycles. The number of hydrogen-bond donors (Lipinski definition) is 1. The lowest BCUT2D eigenvalue weighted by Crippen LogP contribution is -2.49. The van der Waals surface area contributed by atoms with Crippen molar-refractivity contribution in [2.75, 3.05) is 14.1 Å². The Morgan fingerprint density at radius 1 is 1.00 bits per heavy atom. The Morgan fingerprint density at radius 2 is 1.50 bits per heavy atom. The number of nitro benzene ring substituents is 1. The molecule has 1 unspecified atom stereocenters. The third kappa shape index (κ3) is 3.90. The molecule has 7 heteroatoms. The summed E-state index contributed by atoms with van der Waals surface area (Å²) < 4.78 is 11.5. The van der Waals surface area contributed by atoms with E-state index in [0.29, 0.717) is 11.5 Å². The van der Waals surface area contributed by atoms with E-state index in [4.69, 9.17) is 9.47 Å². The molecule has 0 spiro atoms. The van der Waals surface area contributed by atoms with Gasteiger partial charge in [0.2, 0.25) is 0 Å². The third-order valence-corrected chi connectivity index (χ3v) is 3.44. The maximum atomic E-state index is 10.7. The van der Waals surface area contributed by atoms with Crippen LogP contribution >= 0.6 is 12.6 Å². The molecule has 0 bridgehead atoms. The van der Waals surface area contributed by atoms with Crippen LogP contribution in [0.5, 0.6) is 11.5 Å². The molecular formula is C15H16N2O4S.